The van der Waals surface area contributed by atoms with E-state index >= 15 is 0 Å². The number of carbonyl (C=O) groups is 1. The summed E-state index contributed by atoms with van der Waals surface area (Å²) in [4.78, 5) is 12.5. The van der Waals surface area contributed by atoms with Gasteiger partial charge in [-0.05, 0) is 43.2 Å². The molecule has 2 aromatic rings. The fourth-order valence-electron chi connectivity index (χ4n) is 1.86. The van der Waals surface area contributed by atoms with Gasteiger partial charge in [0.05, 0.1) is 0 Å². The molecule has 92 valence electrons. The number of nitrogens with two attached hydrogens (primary N) is 1. The van der Waals surface area contributed by atoms with E-state index in [0.717, 1.165) is 21.2 Å². The molecule has 3 heteroatoms. The number of rotatable bonds is 2. The highest BCUT2D eigenvalue weighted by atomic mass is 79.9. The van der Waals surface area contributed by atoms with Crippen LogP contribution in [0.4, 0.5) is 5.69 Å². The molecule has 0 bridgehead atoms. The maximum atomic E-state index is 12.5. The minimum absolute atomic E-state index is 0.00428. The van der Waals surface area contributed by atoms with Gasteiger partial charge in [-0.25, -0.2) is 0 Å². The van der Waals surface area contributed by atoms with Gasteiger partial charge in [-0.1, -0.05) is 34.1 Å². The summed E-state index contributed by atoms with van der Waals surface area (Å²) in [6.45, 7) is 3.96. The Labute approximate surface area is 115 Å². The summed E-state index contributed by atoms with van der Waals surface area (Å²) in [6, 6.07) is 11.0. The largest absolute Gasteiger partial charge is 0.399 e. The van der Waals surface area contributed by atoms with Gasteiger partial charge < -0.3 is 5.73 Å². The average Bonchev–Trinajstić information content (AvgIpc) is 2.35. The zero-order valence-electron chi connectivity index (χ0n) is 10.3. The third kappa shape index (κ3) is 2.31. The van der Waals surface area contributed by atoms with Crippen LogP contribution in [0, 0.1) is 13.8 Å². The Hall–Kier alpha value is -1.61. The monoisotopic (exact) mass is 303 g/mol. The van der Waals surface area contributed by atoms with Crippen LogP contribution < -0.4 is 5.73 Å². The molecular formula is C15H14BrNO. The minimum atomic E-state index is -0.00428. The predicted molar refractivity (Wildman–Crippen MR) is 77.9 cm³/mol. The molecule has 0 aliphatic carbocycles. The molecule has 0 aliphatic rings. The Morgan fingerprint density at radius 2 is 1.83 bits per heavy atom. The molecular weight excluding hydrogens is 290 g/mol. The lowest BCUT2D eigenvalue weighted by molar-refractivity contribution is 0.103. The number of nitrogen functional groups attached to an aromatic ring is 1. The quantitative estimate of drug-likeness (QED) is 0.676. The van der Waals surface area contributed by atoms with Crippen molar-refractivity contribution >= 4 is 27.4 Å². The average molecular weight is 304 g/mol. The molecule has 0 aromatic heterocycles. The van der Waals surface area contributed by atoms with Gasteiger partial charge in [0.15, 0.2) is 5.78 Å². The highest BCUT2D eigenvalue weighted by Crippen LogP contribution is 2.24. The van der Waals surface area contributed by atoms with Gasteiger partial charge in [0, 0.05) is 21.3 Å². The first-order valence-electron chi connectivity index (χ1n) is 5.66. The topological polar surface area (TPSA) is 43.1 Å². The van der Waals surface area contributed by atoms with Gasteiger partial charge in [0.25, 0.3) is 0 Å². The number of hydrogen-bond acceptors (Lipinski definition) is 2. The van der Waals surface area contributed by atoms with Crippen LogP contribution >= 0.6 is 15.9 Å². The van der Waals surface area contributed by atoms with Crippen molar-refractivity contribution in [2.45, 2.75) is 13.8 Å². The van der Waals surface area contributed by atoms with Crippen LogP contribution in [-0.4, -0.2) is 5.78 Å². The first-order chi connectivity index (χ1) is 8.50. The highest BCUT2D eigenvalue weighted by Gasteiger charge is 2.15. The van der Waals surface area contributed by atoms with Gasteiger partial charge >= 0.3 is 0 Å². The van der Waals surface area contributed by atoms with E-state index in [4.69, 9.17) is 5.73 Å². The standard InChI is InChI=1S/C15H14BrNO/c1-9-4-3-5-12(10(9)2)15(18)13-8-11(17)6-7-14(13)16/h3-8H,17H2,1-2H3. The summed E-state index contributed by atoms with van der Waals surface area (Å²) < 4.78 is 0.766. The first-order valence-corrected chi connectivity index (χ1v) is 6.46. The van der Waals surface area contributed by atoms with Gasteiger partial charge in [-0.3, -0.25) is 4.79 Å². The zero-order valence-corrected chi connectivity index (χ0v) is 11.9. The second kappa shape index (κ2) is 4.94. The summed E-state index contributed by atoms with van der Waals surface area (Å²) >= 11 is 3.40. The highest BCUT2D eigenvalue weighted by molar-refractivity contribution is 9.10. The molecule has 2 rings (SSSR count). The second-order valence-corrected chi connectivity index (χ2v) is 5.17. The third-order valence-electron chi connectivity index (χ3n) is 3.08. The molecule has 2 aromatic carbocycles. The van der Waals surface area contributed by atoms with Crippen LogP contribution in [0.2, 0.25) is 0 Å². The van der Waals surface area contributed by atoms with E-state index < -0.39 is 0 Å². The van der Waals surface area contributed by atoms with E-state index in [-0.39, 0.29) is 5.78 Å². The van der Waals surface area contributed by atoms with Crippen molar-refractivity contribution in [1.29, 1.82) is 0 Å². The maximum Gasteiger partial charge on any atom is 0.194 e. The lowest BCUT2D eigenvalue weighted by atomic mass is 9.96. The van der Waals surface area contributed by atoms with E-state index in [1.165, 1.54) is 0 Å². The molecule has 18 heavy (non-hydrogen) atoms. The Balaban J connectivity index is 2.55. The molecule has 2 N–H and O–H groups in total. The molecule has 0 aliphatic heterocycles. The number of halogens is 1. The van der Waals surface area contributed by atoms with Crippen molar-refractivity contribution in [3.63, 3.8) is 0 Å². The van der Waals surface area contributed by atoms with Gasteiger partial charge in [-0.2, -0.15) is 0 Å². The second-order valence-electron chi connectivity index (χ2n) is 4.32. The van der Waals surface area contributed by atoms with Crippen molar-refractivity contribution in [2.75, 3.05) is 5.73 Å². The summed E-state index contributed by atoms with van der Waals surface area (Å²) in [5.74, 6) is -0.00428. The third-order valence-corrected chi connectivity index (χ3v) is 3.78. The van der Waals surface area contributed by atoms with Crippen molar-refractivity contribution < 1.29 is 4.79 Å². The lowest BCUT2D eigenvalue weighted by Gasteiger charge is -2.09. The number of carbonyl (C=O) groups excluding carboxylic acids is 1. The Bertz CT molecular complexity index is 616. The van der Waals surface area contributed by atoms with Crippen molar-refractivity contribution in [1.82, 2.24) is 0 Å². The molecule has 0 unspecified atom stereocenters. The molecule has 0 heterocycles. The number of ketones is 1. The normalized spacial score (nSPS) is 10.4. The van der Waals surface area contributed by atoms with Crippen LogP contribution in [-0.2, 0) is 0 Å². The summed E-state index contributed by atoms with van der Waals surface area (Å²) in [5.41, 5.74) is 9.77. The van der Waals surface area contributed by atoms with Crippen molar-refractivity contribution in [3.05, 3.63) is 63.1 Å². The molecule has 0 spiro atoms. The van der Waals surface area contributed by atoms with Crippen LogP contribution in [0.25, 0.3) is 0 Å². The first kappa shape index (κ1) is 12.8. The van der Waals surface area contributed by atoms with E-state index in [0.29, 0.717) is 11.3 Å². The van der Waals surface area contributed by atoms with Crippen LogP contribution in [0.15, 0.2) is 40.9 Å². The van der Waals surface area contributed by atoms with Crippen LogP contribution in [0.5, 0.6) is 0 Å². The SMILES string of the molecule is Cc1cccc(C(=O)c2cc(N)ccc2Br)c1C. The van der Waals surface area contributed by atoms with E-state index in [9.17, 15) is 4.79 Å². The van der Waals surface area contributed by atoms with E-state index in [2.05, 4.69) is 15.9 Å². The molecule has 0 atom stereocenters. The van der Waals surface area contributed by atoms with Crippen LogP contribution in [0.1, 0.15) is 27.0 Å². The van der Waals surface area contributed by atoms with Gasteiger partial charge in [0.1, 0.15) is 0 Å². The Morgan fingerprint density at radius 1 is 1.11 bits per heavy atom. The number of benzene rings is 2. The Morgan fingerprint density at radius 3 is 2.56 bits per heavy atom. The van der Waals surface area contributed by atoms with E-state index in [1.807, 2.05) is 32.0 Å². The fraction of sp³-hybridized carbons (Fsp3) is 0.133. The van der Waals surface area contributed by atoms with E-state index in [1.54, 1.807) is 18.2 Å². The minimum Gasteiger partial charge on any atom is -0.399 e. The summed E-state index contributed by atoms with van der Waals surface area (Å²) in [6.07, 6.45) is 0. The molecule has 0 saturated carbocycles. The van der Waals surface area contributed by atoms with Crippen molar-refractivity contribution in [3.8, 4) is 0 Å². The maximum absolute atomic E-state index is 12.5. The Kier molecular flexibility index (Phi) is 3.53. The van der Waals surface area contributed by atoms with Crippen molar-refractivity contribution in [2.24, 2.45) is 0 Å². The van der Waals surface area contributed by atoms with Gasteiger partial charge in [-0.15, -0.1) is 0 Å². The molecule has 0 amide bonds. The zero-order chi connectivity index (χ0) is 13.3. The number of anilines is 1. The fourth-order valence-corrected chi connectivity index (χ4v) is 2.29. The lowest BCUT2D eigenvalue weighted by Crippen LogP contribution is -2.06. The summed E-state index contributed by atoms with van der Waals surface area (Å²) in [5, 5.41) is 0. The molecule has 0 radical (unpaired) electrons. The van der Waals surface area contributed by atoms with Gasteiger partial charge in [0.2, 0.25) is 0 Å². The number of aryl methyl sites for hydroxylation is 1. The molecule has 0 fully saturated rings. The molecule has 0 saturated heterocycles. The molecule has 2 nitrogen and oxygen atoms in total. The predicted octanol–water partition coefficient (Wildman–Crippen LogP) is 3.88. The summed E-state index contributed by atoms with van der Waals surface area (Å²) in [7, 11) is 0. The smallest absolute Gasteiger partial charge is 0.194 e. The number of hydrogen-bond donors (Lipinski definition) is 1. The van der Waals surface area contributed by atoms with Crippen LogP contribution in [0.3, 0.4) is 0 Å².